The first-order valence-corrected chi connectivity index (χ1v) is 8.58. The van der Waals surface area contributed by atoms with Crippen LogP contribution in [0.5, 0.6) is 0 Å². The molecule has 0 amide bonds. The Balaban J connectivity index is 2.08. The maximum absolute atomic E-state index is 13.9. The summed E-state index contributed by atoms with van der Waals surface area (Å²) < 4.78 is 47.4. The Hall–Kier alpha value is -2.77. The summed E-state index contributed by atoms with van der Waals surface area (Å²) in [5.74, 6) is -0.688. The number of hydrogen-bond acceptors (Lipinski definition) is 3. The van der Waals surface area contributed by atoms with Crippen molar-refractivity contribution in [3.05, 3.63) is 71.8 Å². The standard InChI is InChI=1S/C19H19BF3NO3/c1-26-19(25)17-13-16(15-10-6-3-7-11-15)24(27-17)18(20(21,22)23)12-14-8-4-2-5-9-14/h2-11,16-17H,12-13H2,1H3/b24-18-/t16-,17-/m0/s1. The lowest BCUT2D eigenvalue weighted by atomic mass is 9.78. The van der Waals surface area contributed by atoms with E-state index < -0.39 is 30.7 Å². The number of esters is 1. The SMILES string of the molecule is COC(=O)[C@@H]1C[C@@H](c2ccccc2)/[N+](=C(\Cc2ccccc2)[B-](F)(F)F)O1. The molecule has 0 spiro atoms. The van der Waals surface area contributed by atoms with Gasteiger partial charge in [0.25, 0.3) is 6.10 Å². The maximum atomic E-state index is 13.9. The van der Waals surface area contributed by atoms with Gasteiger partial charge in [0.2, 0.25) is 6.04 Å². The van der Waals surface area contributed by atoms with Gasteiger partial charge in [-0.05, 0) is 10.3 Å². The Morgan fingerprint density at radius 3 is 2.26 bits per heavy atom. The van der Waals surface area contributed by atoms with Gasteiger partial charge in [0.05, 0.1) is 13.5 Å². The normalized spacial score (nSPS) is 21.5. The van der Waals surface area contributed by atoms with Crippen molar-refractivity contribution in [1.82, 2.24) is 0 Å². The molecular weight excluding hydrogens is 358 g/mol. The number of methoxy groups -OCH3 is 1. The fourth-order valence-electron chi connectivity index (χ4n) is 3.18. The molecule has 2 aromatic rings. The van der Waals surface area contributed by atoms with Crippen LogP contribution in [0.1, 0.15) is 23.6 Å². The topological polar surface area (TPSA) is 38.5 Å². The van der Waals surface area contributed by atoms with E-state index in [1.807, 2.05) is 0 Å². The third kappa shape index (κ3) is 4.32. The molecule has 142 valence electrons. The highest BCUT2D eigenvalue weighted by Crippen LogP contribution is 2.33. The van der Waals surface area contributed by atoms with Gasteiger partial charge in [-0.25, -0.2) is 4.79 Å². The molecule has 3 rings (SSSR count). The smallest absolute Gasteiger partial charge is 0.466 e. The number of carbonyl (C=O) groups is 1. The summed E-state index contributed by atoms with van der Waals surface area (Å²) in [7, 11) is 1.19. The molecule has 4 nitrogen and oxygen atoms in total. The molecule has 2 atom stereocenters. The molecule has 0 aliphatic carbocycles. The van der Waals surface area contributed by atoms with Gasteiger partial charge in [0.1, 0.15) is 0 Å². The molecule has 0 unspecified atom stereocenters. The Labute approximate surface area is 155 Å². The van der Waals surface area contributed by atoms with Crippen LogP contribution >= 0.6 is 0 Å². The predicted octanol–water partition coefficient (Wildman–Crippen LogP) is 3.69. The average molecular weight is 377 g/mol. The summed E-state index contributed by atoms with van der Waals surface area (Å²) in [6.07, 6.45) is -1.33. The fourth-order valence-corrected chi connectivity index (χ4v) is 3.18. The van der Waals surface area contributed by atoms with E-state index >= 15 is 0 Å². The molecule has 0 aromatic heterocycles. The molecule has 2 aromatic carbocycles. The zero-order valence-electron chi connectivity index (χ0n) is 14.7. The summed E-state index contributed by atoms with van der Waals surface area (Å²) in [6, 6.07) is 16.4. The number of halogens is 3. The van der Waals surface area contributed by atoms with Gasteiger partial charge in [-0.3, -0.25) is 4.84 Å². The molecule has 8 heteroatoms. The Morgan fingerprint density at radius 1 is 1.11 bits per heavy atom. The van der Waals surface area contributed by atoms with Crippen molar-refractivity contribution in [3.8, 4) is 0 Å². The molecule has 0 radical (unpaired) electrons. The number of benzene rings is 2. The lowest BCUT2D eigenvalue weighted by Crippen LogP contribution is -2.40. The third-order valence-corrected chi connectivity index (χ3v) is 4.50. The Bertz CT molecular complexity index is 825. The lowest BCUT2D eigenvalue weighted by Gasteiger charge is -2.17. The van der Waals surface area contributed by atoms with E-state index in [0.717, 1.165) is 4.74 Å². The molecule has 1 heterocycles. The molecule has 1 fully saturated rings. The van der Waals surface area contributed by atoms with E-state index in [2.05, 4.69) is 4.74 Å². The van der Waals surface area contributed by atoms with Gasteiger partial charge in [0, 0.05) is 12.0 Å². The van der Waals surface area contributed by atoms with Crippen molar-refractivity contribution in [3.63, 3.8) is 0 Å². The van der Waals surface area contributed by atoms with E-state index in [4.69, 9.17) is 4.84 Å². The van der Waals surface area contributed by atoms with Gasteiger partial charge in [-0.1, -0.05) is 60.7 Å². The second-order valence-corrected chi connectivity index (χ2v) is 6.33. The predicted molar refractivity (Wildman–Crippen MR) is 95.2 cm³/mol. The minimum Gasteiger partial charge on any atom is -0.466 e. The average Bonchev–Trinajstić information content (AvgIpc) is 3.11. The summed E-state index contributed by atoms with van der Waals surface area (Å²) >= 11 is 0. The van der Waals surface area contributed by atoms with Crippen LogP contribution in [0.3, 0.4) is 0 Å². The van der Waals surface area contributed by atoms with Crippen molar-refractivity contribution < 1.29 is 32.1 Å². The van der Waals surface area contributed by atoms with Crippen molar-refractivity contribution in [2.75, 3.05) is 7.11 Å². The first kappa shape index (κ1) is 19.0. The summed E-state index contributed by atoms with van der Waals surface area (Å²) in [4.78, 5) is 17.4. The molecule has 1 saturated heterocycles. The van der Waals surface area contributed by atoms with Crippen LogP contribution in [0.15, 0.2) is 60.7 Å². The molecular formula is C19H19BF3NO3. The summed E-state index contributed by atoms with van der Waals surface area (Å²) in [5, 5.41) is 0. The first-order valence-electron chi connectivity index (χ1n) is 8.58. The van der Waals surface area contributed by atoms with E-state index in [0.29, 0.717) is 11.1 Å². The minimum absolute atomic E-state index is 0.0845. The number of hydrogen-bond donors (Lipinski definition) is 0. The van der Waals surface area contributed by atoms with Crippen LogP contribution < -0.4 is 0 Å². The second kappa shape index (κ2) is 7.86. The van der Waals surface area contributed by atoms with Crippen molar-refractivity contribution in [2.24, 2.45) is 0 Å². The zero-order chi connectivity index (χ0) is 19.4. The minimum atomic E-state index is -5.34. The van der Waals surface area contributed by atoms with Gasteiger partial charge < -0.3 is 17.7 Å². The molecule has 0 saturated carbocycles. The fraction of sp³-hybridized carbons (Fsp3) is 0.263. The largest absolute Gasteiger partial charge is 0.573 e. The summed E-state index contributed by atoms with van der Waals surface area (Å²) in [5.41, 5.74) is 0.375. The van der Waals surface area contributed by atoms with E-state index in [1.54, 1.807) is 60.7 Å². The van der Waals surface area contributed by atoms with Crippen LogP contribution in [0.2, 0.25) is 0 Å². The highest BCUT2D eigenvalue weighted by atomic mass is 19.4. The van der Waals surface area contributed by atoms with E-state index in [-0.39, 0.29) is 12.8 Å². The van der Waals surface area contributed by atoms with Crippen LogP contribution in [0.25, 0.3) is 0 Å². The second-order valence-electron chi connectivity index (χ2n) is 6.33. The van der Waals surface area contributed by atoms with Crippen molar-refractivity contribution in [1.29, 1.82) is 0 Å². The number of carbonyl (C=O) groups excluding carboxylic acids is 1. The monoisotopic (exact) mass is 377 g/mol. The highest BCUT2D eigenvalue weighted by Gasteiger charge is 2.50. The van der Waals surface area contributed by atoms with Crippen molar-refractivity contribution in [2.45, 2.75) is 25.0 Å². The number of nitrogens with zero attached hydrogens (tertiary/aromatic N) is 1. The molecule has 27 heavy (non-hydrogen) atoms. The first-order chi connectivity index (χ1) is 12.9. The molecule has 1 aliphatic rings. The maximum Gasteiger partial charge on any atom is 0.573 e. The summed E-state index contributed by atoms with van der Waals surface area (Å²) in [6.45, 7) is -5.34. The Morgan fingerprint density at radius 2 is 1.70 bits per heavy atom. The van der Waals surface area contributed by atoms with Gasteiger partial charge in [-0.2, -0.15) is 0 Å². The zero-order valence-corrected chi connectivity index (χ0v) is 14.7. The number of rotatable bonds is 5. The van der Waals surface area contributed by atoms with Gasteiger partial charge >= 0.3 is 12.9 Å². The molecule has 0 bridgehead atoms. The molecule has 0 N–H and O–H groups in total. The van der Waals surface area contributed by atoms with Crippen LogP contribution in [0.4, 0.5) is 12.9 Å². The van der Waals surface area contributed by atoms with E-state index in [9.17, 15) is 17.7 Å². The van der Waals surface area contributed by atoms with Crippen LogP contribution in [-0.4, -0.2) is 36.5 Å². The van der Waals surface area contributed by atoms with Crippen LogP contribution in [-0.2, 0) is 20.8 Å². The number of hydroxylamine groups is 1. The van der Waals surface area contributed by atoms with E-state index in [1.165, 1.54) is 7.11 Å². The highest BCUT2D eigenvalue weighted by molar-refractivity contribution is 6.91. The van der Waals surface area contributed by atoms with Gasteiger partial charge in [-0.15, -0.1) is 0 Å². The number of ether oxygens (including phenoxy) is 1. The van der Waals surface area contributed by atoms with Crippen molar-refractivity contribution >= 4 is 18.6 Å². The van der Waals surface area contributed by atoms with Gasteiger partial charge in [0.15, 0.2) is 5.61 Å². The lowest BCUT2D eigenvalue weighted by molar-refractivity contribution is -0.794. The third-order valence-electron chi connectivity index (χ3n) is 4.50. The van der Waals surface area contributed by atoms with Crippen LogP contribution in [0, 0.1) is 0 Å². The Kier molecular flexibility index (Phi) is 5.53. The quantitative estimate of drug-likeness (QED) is 0.453. The molecule has 1 aliphatic heterocycles.